The summed E-state index contributed by atoms with van der Waals surface area (Å²) >= 11 is 1.54. The minimum absolute atomic E-state index is 0.121. The molecule has 3 aromatic rings. The Bertz CT molecular complexity index is 782. The number of ether oxygens (including phenoxy) is 1. The van der Waals surface area contributed by atoms with Gasteiger partial charge >= 0.3 is 0 Å². The molecule has 3 rings (SSSR count). The van der Waals surface area contributed by atoms with Gasteiger partial charge in [-0.05, 0) is 24.3 Å². The smallest absolute Gasteiger partial charge is 0.251 e. The maximum Gasteiger partial charge on any atom is 0.251 e. The van der Waals surface area contributed by atoms with Gasteiger partial charge in [-0.15, -0.1) is 11.3 Å². The highest BCUT2D eigenvalue weighted by atomic mass is 32.1. The van der Waals surface area contributed by atoms with E-state index in [2.05, 4.69) is 10.3 Å². The van der Waals surface area contributed by atoms with Gasteiger partial charge in [0, 0.05) is 16.5 Å². The van der Waals surface area contributed by atoms with Crippen LogP contribution in [0.2, 0.25) is 0 Å². The molecule has 0 saturated heterocycles. The second-order valence-electron chi connectivity index (χ2n) is 4.90. The SMILES string of the molecule is COc1ccc(C(=O)NCc2nc(-c3ccccc3)cs2)cc1. The summed E-state index contributed by atoms with van der Waals surface area (Å²) in [5.74, 6) is 0.609. The number of hydrogen-bond acceptors (Lipinski definition) is 4. The normalized spacial score (nSPS) is 10.3. The highest BCUT2D eigenvalue weighted by Crippen LogP contribution is 2.21. The maximum absolute atomic E-state index is 12.1. The van der Waals surface area contributed by atoms with Crippen LogP contribution in [-0.2, 0) is 6.54 Å². The lowest BCUT2D eigenvalue weighted by Crippen LogP contribution is -2.22. The lowest BCUT2D eigenvalue weighted by molar-refractivity contribution is 0.0951. The first-order valence-electron chi connectivity index (χ1n) is 7.18. The fourth-order valence-corrected chi connectivity index (χ4v) is 2.88. The van der Waals surface area contributed by atoms with Crippen molar-refractivity contribution in [1.82, 2.24) is 10.3 Å². The predicted octanol–water partition coefficient (Wildman–Crippen LogP) is 3.75. The Balaban J connectivity index is 1.62. The standard InChI is InChI=1S/C18H16N2O2S/c1-22-15-9-7-14(8-10-15)18(21)19-11-17-20-16(12-23-17)13-5-3-2-4-6-13/h2-10,12H,11H2,1H3,(H,19,21). The van der Waals surface area contributed by atoms with Gasteiger partial charge in [-0.25, -0.2) is 4.98 Å². The molecule has 0 saturated carbocycles. The largest absolute Gasteiger partial charge is 0.497 e. The Morgan fingerprint density at radius 1 is 1.13 bits per heavy atom. The molecule has 0 aliphatic rings. The number of nitrogens with zero attached hydrogens (tertiary/aromatic N) is 1. The average Bonchev–Trinajstić information content (AvgIpc) is 3.09. The van der Waals surface area contributed by atoms with E-state index in [-0.39, 0.29) is 5.91 Å². The number of hydrogen-bond donors (Lipinski definition) is 1. The van der Waals surface area contributed by atoms with Crippen molar-refractivity contribution in [3.8, 4) is 17.0 Å². The fraction of sp³-hybridized carbons (Fsp3) is 0.111. The van der Waals surface area contributed by atoms with E-state index in [0.29, 0.717) is 12.1 Å². The van der Waals surface area contributed by atoms with E-state index in [9.17, 15) is 4.79 Å². The van der Waals surface area contributed by atoms with Gasteiger partial charge in [0.25, 0.3) is 5.91 Å². The molecule has 5 heteroatoms. The third kappa shape index (κ3) is 3.76. The first-order valence-corrected chi connectivity index (χ1v) is 8.06. The molecule has 2 aromatic carbocycles. The number of aromatic nitrogens is 1. The quantitative estimate of drug-likeness (QED) is 0.777. The number of methoxy groups -OCH3 is 1. The van der Waals surface area contributed by atoms with E-state index in [1.807, 2.05) is 35.7 Å². The second kappa shape index (κ2) is 7.07. The van der Waals surface area contributed by atoms with Crippen molar-refractivity contribution in [2.24, 2.45) is 0 Å². The zero-order valence-corrected chi connectivity index (χ0v) is 13.5. The van der Waals surface area contributed by atoms with Crippen molar-refractivity contribution in [1.29, 1.82) is 0 Å². The van der Waals surface area contributed by atoms with Gasteiger partial charge in [-0.3, -0.25) is 4.79 Å². The first kappa shape index (κ1) is 15.2. The summed E-state index contributed by atoms with van der Waals surface area (Å²) in [6.07, 6.45) is 0. The van der Waals surface area contributed by atoms with Gasteiger partial charge in [0.15, 0.2) is 0 Å². The summed E-state index contributed by atoms with van der Waals surface area (Å²) in [7, 11) is 1.60. The summed E-state index contributed by atoms with van der Waals surface area (Å²) < 4.78 is 5.08. The molecule has 0 spiro atoms. The first-order chi connectivity index (χ1) is 11.3. The fourth-order valence-electron chi connectivity index (χ4n) is 2.13. The van der Waals surface area contributed by atoms with Crippen molar-refractivity contribution < 1.29 is 9.53 Å². The number of amides is 1. The van der Waals surface area contributed by atoms with Crippen LogP contribution in [0.25, 0.3) is 11.3 Å². The molecule has 116 valence electrons. The number of carbonyl (C=O) groups is 1. The topological polar surface area (TPSA) is 51.2 Å². The van der Waals surface area contributed by atoms with Crippen molar-refractivity contribution in [2.75, 3.05) is 7.11 Å². The van der Waals surface area contributed by atoms with Crippen LogP contribution < -0.4 is 10.1 Å². The summed E-state index contributed by atoms with van der Waals surface area (Å²) in [6.45, 7) is 0.419. The number of nitrogens with one attached hydrogen (secondary N) is 1. The molecular weight excluding hydrogens is 308 g/mol. The van der Waals surface area contributed by atoms with Crippen LogP contribution in [0.5, 0.6) is 5.75 Å². The average molecular weight is 324 g/mol. The molecule has 0 bridgehead atoms. The molecule has 23 heavy (non-hydrogen) atoms. The monoisotopic (exact) mass is 324 g/mol. The van der Waals surface area contributed by atoms with Gasteiger partial charge in [-0.1, -0.05) is 30.3 Å². The lowest BCUT2D eigenvalue weighted by atomic mass is 10.2. The number of rotatable bonds is 5. The minimum Gasteiger partial charge on any atom is -0.497 e. The lowest BCUT2D eigenvalue weighted by Gasteiger charge is -2.04. The highest BCUT2D eigenvalue weighted by molar-refractivity contribution is 7.09. The molecule has 1 amide bonds. The zero-order valence-electron chi connectivity index (χ0n) is 12.7. The summed E-state index contributed by atoms with van der Waals surface area (Å²) in [6, 6.07) is 17.0. The van der Waals surface area contributed by atoms with Crippen LogP contribution in [0.3, 0.4) is 0 Å². The third-order valence-corrected chi connectivity index (χ3v) is 4.22. The maximum atomic E-state index is 12.1. The van der Waals surface area contributed by atoms with Crippen molar-refractivity contribution in [3.05, 3.63) is 70.5 Å². The Kier molecular flexibility index (Phi) is 4.68. The Morgan fingerprint density at radius 2 is 1.87 bits per heavy atom. The van der Waals surface area contributed by atoms with Crippen LogP contribution in [0.1, 0.15) is 15.4 Å². The molecule has 0 fully saturated rings. The van der Waals surface area contributed by atoms with E-state index < -0.39 is 0 Å². The van der Waals surface area contributed by atoms with Crippen molar-refractivity contribution >= 4 is 17.2 Å². The van der Waals surface area contributed by atoms with Gasteiger partial charge < -0.3 is 10.1 Å². The van der Waals surface area contributed by atoms with Gasteiger partial charge in [0.1, 0.15) is 10.8 Å². The molecule has 4 nitrogen and oxygen atoms in total. The van der Waals surface area contributed by atoms with E-state index in [4.69, 9.17) is 4.74 Å². The zero-order chi connectivity index (χ0) is 16.1. The molecular formula is C18H16N2O2S. The molecule has 0 aliphatic carbocycles. The third-order valence-electron chi connectivity index (χ3n) is 3.37. The van der Waals surface area contributed by atoms with Crippen LogP contribution in [-0.4, -0.2) is 18.0 Å². The summed E-state index contributed by atoms with van der Waals surface area (Å²) in [5.41, 5.74) is 2.62. The van der Waals surface area contributed by atoms with Crippen LogP contribution in [0.4, 0.5) is 0 Å². The number of thiazole rings is 1. The summed E-state index contributed by atoms with van der Waals surface area (Å²) in [4.78, 5) is 16.7. The van der Waals surface area contributed by atoms with Crippen LogP contribution in [0, 0.1) is 0 Å². The molecule has 0 unspecified atom stereocenters. The van der Waals surface area contributed by atoms with Crippen molar-refractivity contribution in [3.63, 3.8) is 0 Å². The van der Waals surface area contributed by atoms with E-state index in [0.717, 1.165) is 22.0 Å². The number of carbonyl (C=O) groups excluding carboxylic acids is 1. The second-order valence-corrected chi connectivity index (χ2v) is 5.85. The molecule has 1 N–H and O–H groups in total. The van der Waals surface area contributed by atoms with E-state index >= 15 is 0 Å². The van der Waals surface area contributed by atoms with Crippen LogP contribution in [0.15, 0.2) is 60.0 Å². The molecule has 1 aromatic heterocycles. The number of benzene rings is 2. The van der Waals surface area contributed by atoms with E-state index in [1.54, 1.807) is 42.7 Å². The highest BCUT2D eigenvalue weighted by Gasteiger charge is 2.08. The predicted molar refractivity (Wildman–Crippen MR) is 91.7 cm³/mol. The van der Waals surface area contributed by atoms with Gasteiger partial charge in [0.2, 0.25) is 0 Å². The van der Waals surface area contributed by atoms with Crippen molar-refractivity contribution in [2.45, 2.75) is 6.54 Å². The molecule has 0 aliphatic heterocycles. The molecule has 0 atom stereocenters. The van der Waals surface area contributed by atoms with Gasteiger partial charge in [0.05, 0.1) is 19.3 Å². The molecule has 0 radical (unpaired) electrons. The summed E-state index contributed by atoms with van der Waals surface area (Å²) in [5, 5.41) is 5.77. The minimum atomic E-state index is -0.121. The van der Waals surface area contributed by atoms with Gasteiger partial charge in [-0.2, -0.15) is 0 Å². The van der Waals surface area contributed by atoms with Crippen LogP contribution >= 0.6 is 11.3 Å². The molecule has 1 heterocycles. The van der Waals surface area contributed by atoms with E-state index in [1.165, 1.54) is 0 Å². The Labute approximate surface area is 138 Å². The Morgan fingerprint density at radius 3 is 2.57 bits per heavy atom. The Hall–Kier alpha value is -2.66.